The molecule has 3 N–H and O–H groups in total. The molecule has 0 radical (unpaired) electrons. The molecule has 0 saturated carbocycles. The Bertz CT molecular complexity index is 1140. The maximum Gasteiger partial charge on any atom is 0.251 e. The summed E-state index contributed by atoms with van der Waals surface area (Å²) < 4.78 is 30.0. The maximum atomic E-state index is 14.7. The molecule has 2 aromatic carbocycles. The number of carbonyl (C=O) groups is 1. The molecule has 6 nitrogen and oxygen atoms in total. The van der Waals surface area contributed by atoms with Gasteiger partial charge in [-0.2, -0.15) is 5.10 Å². The van der Waals surface area contributed by atoms with Gasteiger partial charge in [-0.25, -0.2) is 13.5 Å². The standard InChI is InChI=1S/C27H34F2N4O2/c1-18(34)26(35)32(14-8-13-30)25(27(2,3)4)24-20(15-19-9-6-5-7-10-19)17-33(31-24)23-16-21(28)11-12-22(23)29/h5-7,9-12,16-18,25,34H,8,13-15,30H2,1-4H3. The van der Waals surface area contributed by atoms with Crippen LogP contribution in [0.25, 0.3) is 5.69 Å². The largest absolute Gasteiger partial charge is 0.384 e. The Morgan fingerprint density at radius 2 is 1.86 bits per heavy atom. The number of halogens is 2. The van der Waals surface area contributed by atoms with Crippen LogP contribution in [-0.4, -0.2) is 44.9 Å². The second-order valence-electron chi connectivity index (χ2n) is 9.86. The van der Waals surface area contributed by atoms with E-state index in [1.54, 1.807) is 11.1 Å². The summed E-state index contributed by atoms with van der Waals surface area (Å²) in [7, 11) is 0. The van der Waals surface area contributed by atoms with Gasteiger partial charge in [0.05, 0.1) is 11.7 Å². The van der Waals surface area contributed by atoms with E-state index >= 15 is 0 Å². The zero-order chi connectivity index (χ0) is 25.8. The summed E-state index contributed by atoms with van der Waals surface area (Å²) in [5, 5.41) is 14.9. The van der Waals surface area contributed by atoms with Gasteiger partial charge in [0.15, 0.2) is 0 Å². The molecule has 1 amide bonds. The van der Waals surface area contributed by atoms with Gasteiger partial charge in [-0.1, -0.05) is 51.1 Å². The van der Waals surface area contributed by atoms with E-state index < -0.39 is 35.1 Å². The second kappa shape index (κ2) is 11.1. The molecule has 0 aliphatic heterocycles. The molecular weight excluding hydrogens is 450 g/mol. The Morgan fingerprint density at radius 1 is 1.17 bits per heavy atom. The Labute approximate surface area is 205 Å². The van der Waals surface area contributed by atoms with Crippen molar-refractivity contribution in [3.05, 3.63) is 83.2 Å². The highest BCUT2D eigenvalue weighted by atomic mass is 19.1. The van der Waals surface area contributed by atoms with Crippen LogP contribution in [0.5, 0.6) is 0 Å². The summed E-state index contributed by atoms with van der Waals surface area (Å²) in [6.45, 7) is 8.08. The van der Waals surface area contributed by atoms with Gasteiger partial charge in [0.2, 0.25) is 0 Å². The molecule has 0 aliphatic carbocycles. The van der Waals surface area contributed by atoms with Crippen LogP contribution in [0.1, 0.15) is 57.0 Å². The molecule has 8 heteroatoms. The van der Waals surface area contributed by atoms with Crippen LogP contribution in [0.3, 0.4) is 0 Å². The summed E-state index contributed by atoms with van der Waals surface area (Å²) in [6.07, 6.45) is 1.50. The zero-order valence-electron chi connectivity index (χ0n) is 20.7. The van der Waals surface area contributed by atoms with Crippen molar-refractivity contribution in [2.45, 2.75) is 52.7 Å². The van der Waals surface area contributed by atoms with E-state index in [4.69, 9.17) is 10.8 Å². The molecule has 35 heavy (non-hydrogen) atoms. The number of carbonyl (C=O) groups excluding carboxylic acids is 1. The van der Waals surface area contributed by atoms with Gasteiger partial charge in [-0.3, -0.25) is 4.79 Å². The minimum Gasteiger partial charge on any atom is -0.384 e. The molecule has 2 unspecified atom stereocenters. The Balaban J connectivity index is 2.22. The number of benzene rings is 2. The first kappa shape index (κ1) is 26.5. The Morgan fingerprint density at radius 3 is 2.46 bits per heavy atom. The summed E-state index contributed by atoms with van der Waals surface area (Å²) in [5.74, 6) is -1.63. The number of aromatic nitrogens is 2. The van der Waals surface area contributed by atoms with Crippen molar-refractivity contribution < 1.29 is 18.7 Å². The highest BCUT2D eigenvalue weighted by molar-refractivity contribution is 5.80. The van der Waals surface area contributed by atoms with E-state index in [9.17, 15) is 18.7 Å². The molecule has 0 bridgehead atoms. The maximum absolute atomic E-state index is 14.7. The summed E-state index contributed by atoms with van der Waals surface area (Å²) in [4.78, 5) is 14.8. The van der Waals surface area contributed by atoms with Crippen LogP contribution >= 0.6 is 0 Å². The fourth-order valence-electron chi connectivity index (χ4n) is 4.28. The van der Waals surface area contributed by atoms with Crippen LogP contribution in [-0.2, 0) is 11.2 Å². The Kier molecular flexibility index (Phi) is 8.40. The highest BCUT2D eigenvalue weighted by Crippen LogP contribution is 2.40. The molecule has 2 atom stereocenters. The van der Waals surface area contributed by atoms with Gasteiger partial charge in [0, 0.05) is 30.8 Å². The van der Waals surface area contributed by atoms with Gasteiger partial charge < -0.3 is 15.7 Å². The predicted molar refractivity (Wildman–Crippen MR) is 132 cm³/mol. The van der Waals surface area contributed by atoms with Crippen LogP contribution in [0.2, 0.25) is 0 Å². The van der Waals surface area contributed by atoms with Crippen molar-refractivity contribution in [1.82, 2.24) is 14.7 Å². The molecular formula is C27H34F2N4O2. The third kappa shape index (κ3) is 6.32. The number of rotatable bonds is 9. The van der Waals surface area contributed by atoms with E-state index in [0.29, 0.717) is 31.6 Å². The first-order chi connectivity index (χ1) is 16.5. The van der Waals surface area contributed by atoms with Gasteiger partial charge in [-0.05, 0) is 43.0 Å². The molecule has 3 rings (SSSR count). The normalized spacial score (nSPS) is 13.5. The first-order valence-corrected chi connectivity index (χ1v) is 11.8. The average Bonchev–Trinajstić information content (AvgIpc) is 3.19. The van der Waals surface area contributed by atoms with Gasteiger partial charge in [0.1, 0.15) is 23.4 Å². The van der Waals surface area contributed by atoms with E-state index in [0.717, 1.165) is 29.3 Å². The van der Waals surface area contributed by atoms with E-state index in [1.807, 2.05) is 51.1 Å². The summed E-state index contributed by atoms with van der Waals surface area (Å²) >= 11 is 0. The van der Waals surface area contributed by atoms with E-state index in [-0.39, 0.29) is 5.69 Å². The molecule has 188 valence electrons. The van der Waals surface area contributed by atoms with Crippen LogP contribution < -0.4 is 5.73 Å². The van der Waals surface area contributed by atoms with Crippen molar-refractivity contribution in [2.75, 3.05) is 13.1 Å². The van der Waals surface area contributed by atoms with E-state index in [2.05, 4.69) is 0 Å². The lowest BCUT2D eigenvalue weighted by Crippen LogP contribution is -2.46. The van der Waals surface area contributed by atoms with Crippen LogP contribution in [0, 0.1) is 17.0 Å². The number of hydrogen-bond donors (Lipinski definition) is 2. The monoisotopic (exact) mass is 484 g/mol. The van der Waals surface area contributed by atoms with E-state index in [1.165, 1.54) is 11.6 Å². The molecule has 0 saturated heterocycles. The lowest BCUT2D eigenvalue weighted by molar-refractivity contribution is -0.144. The van der Waals surface area contributed by atoms with Gasteiger partial charge in [0.25, 0.3) is 5.91 Å². The van der Waals surface area contributed by atoms with Crippen molar-refractivity contribution in [3.8, 4) is 5.69 Å². The molecule has 0 aliphatic rings. The third-order valence-electron chi connectivity index (χ3n) is 5.85. The lowest BCUT2D eigenvalue weighted by atomic mass is 9.81. The zero-order valence-corrected chi connectivity index (χ0v) is 20.7. The van der Waals surface area contributed by atoms with Crippen LogP contribution in [0.15, 0.2) is 54.7 Å². The summed E-state index contributed by atoms with van der Waals surface area (Å²) in [5.41, 5.74) is 7.58. The fourth-order valence-corrected chi connectivity index (χ4v) is 4.28. The number of nitrogens with two attached hydrogens (primary N) is 1. The van der Waals surface area contributed by atoms with Crippen molar-refractivity contribution in [2.24, 2.45) is 11.1 Å². The number of aliphatic hydroxyl groups is 1. The van der Waals surface area contributed by atoms with Gasteiger partial charge in [-0.15, -0.1) is 0 Å². The Hall–Kier alpha value is -3.10. The summed E-state index contributed by atoms with van der Waals surface area (Å²) in [6, 6.07) is 12.4. The van der Waals surface area contributed by atoms with Crippen molar-refractivity contribution >= 4 is 5.91 Å². The molecule has 0 spiro atoms. The fraction of sp³-hybridized carbons (Fsp3) is 0.407. The quantitative estimate of drug-likeness (QED) is 0.472. The number of hydrogen-bond acceptors (Lipinski definition) is 4. The third-order valence-corrected chi connectivity index (χ3v) is 5.85. The topological polar surface area (TPSA) is 84.4 Å². The minimum absolute atomic E-state index is 0.0198. The predicted octanol–water partition coefficient (Wildman–Crippen LogP) is 4.39. The number of amides is 1. The second-order valence-corrected chi connectivity index (χ2v) is 9.86. The smallest absolute Gasteiger partial charge is 0.251 e. The number of nitrogens with zero attached hydrogens (tertiary/aromatic N) is 3. The van der Waals surface area contributed by atoms with Crippen LogP contribution in [0.4, 0.5) is 8.78 Å². The lowest BCUT2D eigenvalue weighted by Gasteiger charge is -2.40. The molecule has 1 heterocycles. The molecule has 1 aromatic heterocycles. The average molecular weight is 485 g/mol. The minimum atomic E-state index is -1.21. The highest BCUT2D eigenvalue weighted by Gasteiger charge is 2.39. The molecule has 0 fully saturated rings. The van der Waals surface area contributed by atoms with Crippen molar-refractivity contribution in [1.29, 1.82) is 0 Å². The SMILES string of the molecule is CC(O)C(=O)N(CCCN)C(c1nn(-c2cc(F)ccc2F)cc1Cc1ccccc1)C(C)(C)C. The van der Waals surface area contributed by atoms with Crippen molar-refractivity contribution in [3.63, 3.8) is 0 Å². The first-order valence-electron chi connectivity index (χ1n) is 11.8. The molecule has 3 aromatic rings. The number of aliphatic hydroxyl groups excluding tert-OH is 1. The van der Waals surface area contributed by atoms with Gasteiger partial charge >= 0.3 is 0 Å².